The number of anilines is 1. The summed E-state index contributed by atoms with van der Waals surface area (Å²) in [6.45, 7) is 3.32. The number of benzene rings is 2. The summed E-state index contributed by atoms with van der Waals surface area (Å²) in [4.78, 5) is 17.4. The first-order chi connectivity index (χ1) is 15.6. The van der Waals surface area contributed by atoms with E-state index in [1.54, 1.807) is 0 Å². The van der Waals surface area contributed by atoms with Gasteiger partial charge < -0.3 is 24.0 Å². The smallest absolute Gasteiger partial charge is 0.254 e. The molecule has 2 atom stereocenters. The van der Waals surface area contributed by atoms with Gasteiger partial charge in [-0.25, -0.2) is 0 Å². The Morgan fingerprint density at radius 2 is 1.59 bits per heavy atom. The van der Waals surface area contributed by atoms with Gasteiger partial charge in [-0.05, 0) is 67.6 Å². The minimum Gasteiger partial charge on any atom is -0.491 e. The molecule has 6 nitrogen and oxygen atoms in total. The molecule has 4 rings (SSSR count). The van der Waals surface area contributed by atoms with Crippen LogP contribution in [-0.4, -0.2) is 63.5 Å². The van der Waals surface area contributed by atoms with Gasteiger partial charge in [0.05, 0.1) is 12.2 Å². The molecule has 1 amide bonds. The highest BCUT2D eigenvalue weighted by molar-refractivity contribution is 5.94. The van der Waals surface area contributed by atoms with E-state index in [0.29, 0.717) is 25.3 Å². The second-order valence-corrected chi connectivity index (χ2v) is 8.85. The van der Waals surface area contributed by atoms with Gasteiger partial charge in [-0.2, -0.15) is 0 Å². The average Bonchev–Trinajstić information content (AvgIpc) is 3.52. The predicted molar refractivity (Wildman–Crippen MR) is 125 cm³/mol. The summed E-state index contributed by atoms with van der Waals surface area (Å²) in [7, 11) is 4.05. The van der Waals surface area contributed by atoms with Crippen LogP contribution < -0.4 is 9.64 Å². The van der Waals surface area contributed by atoms with Gasteiger partial charge in [0.25, 0.3) is 5.91 Å². The Kier molecular flexibility index (Phi) is 7.66. The zero-order valence-corrected chi connectivity index (χ0v) is 19.2. The number of ether oxygens (including phenoxy) is 3. The molecule has 0 aromatic heterocycles. The first-order valence-electron chi connectivity index (χ1n) is 11.6. The topological polar surface area (TPSA) is 51.2 Å². The lowest BCUT2D eigenvalue weighted by Gasteiger charge is -2.26. The third kappa shape index (κ3) is 6.02. The molecule has 2 fully saturated rings. The Morgan fingerprint density at radius 1 is 0.938 bits per heavy atom. The standard InChI is InChI=1S/C26H34N2O4/c1-27(2)22-11-7-20(8-12-22)17-28(18-24-5-3-15-30-24)26(29)21-9-13-23(14-10-21)32-19-25-6-4-16-31-25/h7-14,24-25H,3-6,15-19H2,1-2H3/t24-,25-/m0/s1. The molecule has 2 saturated heterocycles. The van der Waals surface area contributed by atoms with E-state index in [4.69, 9.17) is 14.2 Å². The van der Waals surface area contributed by atoms with Crippen LogP contribution in [0.3, 0.4) is 0 Å². The van der Waals surface area contributed by atoms with Crippen molar-refractivity contribution < 1.29 is 19.0 Å². The lowest BCUT2D eigenvalue weighted by Crippen LogP contribution is -2.37. The predicted octanol–water partition coefficient (Wildman–Crippen LogP) is 4.13. The molecule has 0 spiro atoms. The molecule has 0 bridgehead atoms. The molecule has 0 N–H and O–H groups in total. The van der Waals surface area contributed by atoms with Crippen LogP contribution in [-0.2, 0) is 16.0 Å². The van der Waals surface area contributed by atoms with Gasteiger partial charge in [0, 0.05) is 51.6 Å². The second kappa shape index (κ2) is 10.8. The molecule has 0 unspecified atom stereocenters. The summed E-state index contributed by atoms with van der Waals surface area (Å²) >= 11 is 0. The van der Waals surface area contributed by atoms with Crippen LogP contribution in [0.25, 0.3) is 0 Å². The van der Waals surface area contributed by atoms with Crippen molar-refractivity contribution in [2.75, 3.05) is 45.4 Å². The molecule has 172 valence electrons. The van der Waals surface area contributed by atoms with Crippen molar-refractivity contribution in [3.05, 3.63) is 59.7 Å². The van der Waals surface area contributed by atoms with Crippen molar-refractivity contribution >= 4 is 11.6 Å². The van der Waals surface area contributed by atoms with E-state index < -0.39 is 0 Å². The van der Waals surface area contributed by atoms with Crippen LogP contribution in [0, 0.1) is 0 Å². The van der Waals surface area contributed by atoms with Crippen molar-refractivity contribution in [2.45, 2.75) is 44.4 Å². The van der Waals surface area contributed by atoms with Gasteiger partial charge >= 0.3 is 0 Å². The minimum atomic E-state index is 0.0165. The quantitative estimate of drug-likeness (QED) is 0.589. The number of hydrogen-bond acceptors (Lipinski definition) is 5. The summed E-state index contributed by atoms with van der Waals surface area (Å²) in [5.74, 6) is 0.782. The maximum absolute atomic E-state index is 13.4. The fourth-order valence-electron chi connectivity index (χ4n) is 4.21. The van der Waals surface area contributed by atoms with Crippen molar-refractivity contribution in [1.29, 1.82) is 0 Å². The normalized spacial score (nSPS) is 20.3. The largest absolute Gasteiger partial charge is 0.491 e. The maximum Gasteiger partial charge on any atom is 0.254 e. The fourth-order valence-corrected chi connectivity index (χ4v) is 4.21. The number of nitrogens with zero attached hydrogens (tertiary/aromatic N) is 2. The lowest BCUT2D eigenvalue weighted by molar-refractivity contribution is 0.0507. The van der Waals surface area contributed by atoms with Gasteiger partial charge in [-0.3, -0.25) is 4.79 Å². The lowest BCUT2D eigenvalue weighted by atomic mass is 10.1. The van der Waals surface area contributed by atoms with Crippen LogP contribution in [0.5, 0.6) is 5.75 Å². The third-order valence-corrected chi connectivity index (χ3v) is 6.12. The first kappa shape index (κ1) is 22.6. The van der Waals surface area contributed by atoms with Crippen molar-refractivity contribution in [3.8, 4) is 5.75 Å². The van der Waals surface area contributed by atoms with Crippen LogP contribution >= 0.6 is 0 Å². The van der Waals surface area contributed by atoms with Gasteiger partial charge in [0.2, 0.25) is 0 Å². The first-order valence-corrected chi connectivity index (χ1v) is 11.6. The van der Waals surface area contributed by atoms with E-state index in [2.05, 4.69) is 29.2 Å². The van der Waals surface area contributed by atoms with E-state index >= 15 is 0 Å². The molecule has 0 saturated carbocycles. The van der Waals surface area contributed by atoms with Crippen molar-refractivity contribution in [2.24, 2.45) is 0 Å². The van der Waals surface area contributed by atoms with E-state index in [-0.39, 0.29) is 18.1 Å². The Morgan fingerprint density at radius 3 is 2.19 bits per heavy atom. The highest BCUT2D eigenvalue weighted by Gasteiger charge is 2.24. The number of carbonyl (C=O) groups is 1. The number of amides is 1. The summed E-state index contributed by atoms with van der Waals surface area (Å²) in [6.07, 6.45) is 4.48. The SMILES string of the molecule is CN(C)c1ccc(CN(C[C@@H]2CCCO2)C(=O)c2ccc(OC[C@@H]3CCCO3)cc2)cc1. The van der Waals surface area contributed by atoms with Crippen molar-refractivity contribution in [1.82, 2.24) is 4.90 Å². The summed E-state index contributed by atoms with van der Waals surface area (Å²) in [5.41, 5.74) is 2.92. The van der Waals surface area contributed by atoms with E-state index in [1.165, 1.54) is 0 Å². The van der Waals surface area contributed by atoms with Gasteiger partial charge in [0.15, 0.2) is 0 Å². The summed E-state index contributed by atoms with van der Waals surface area (Å²) < 4.78 is 17.3. The Hall–Kier alpha value is -2.57. The molecular weight excluding hydrogens is 404 g/mol. The summed E-state index contributed by atoms with van der Waals surface area (Å²) in [5, 5.41) is 0. The molecule has 2 aromatic rings. The molecular formula is C26H34N2O4. The van der Waals surface area contributed by atoms with E-state index in [1.807, 2.05) is 43.3 Å². The number of carbonyl (C=O) groups excluding carboxylic acids is 1. The molecule has 0 radical (unpaired) electrons. The molecule has 6 heteroatoms. The Labute approximate surface area is 191 Å². The van der Waals surface area contributed by atoms with Crippen LogP contribution in [0.15, 0.2) is 48.5 Å². The summed E-state index contributed by atoms with van der Waals surface area (Å²) in [6, 6.07) is 15.8. The molecule has 0 aliphatic carbocycles. The third-order valence-electron chi connectivity index (χ3n) is 6.12. The Bertz CT molecular complexity index is 854. The van der Waals surface area contributed by atoms with Crippen LogP contribution in [0.1, 0.15) is 41.6 Å². The molecule has 2 aliphatic rings. The maximum atomic E-state index is 13.4. The molecule has 2 aromatic carbocycles. The minimum absolute atomic E-state index is 0.0165. The number of rotatable bonds is 9. The zero-order chi connectivity index (χ0) is 22.3. The van der Waals surface area contributed by atoms with Crippen LogP contribution in [0.2, 0.25) is 0 Å². The van der Waals surface area contributed by atoms with Crippen molar-refractivity contribution in [3.63, 3.8) is 0 Å². The van der Waals surface area contributed by atoms with E-state index in [0.717, 1.165) is 55.9 Å². The zero-order valence-electron chi connectivity index (χ0n) is 19.2. The number of hydrogen-bond donors (Lipinski definition) is 0. The second-order valence-electron chi connectivity index (χ2n) is 8.85. The highest BCUT2D eigenvalue weighted by atomic mass is 16.5. The van der Waals surface area contributed by atoms with E-state index in [9.17, 15) is 4.79 Å². The van der Waals surface area contributed by atoms with Gasteiger partial charge in [-0.15, -0.1) is 0 Å². The molecule has 32 heavy (non-hydrogen) atoms. The van der Waals surface area contributed by atoms with Crippen LogP contribution in [0.4, 0.5) is 5.69 Å². The average molecular weight is 439 g/mol. The van der Waals surface area contributed by atoms with Gasteiger partial charge in [0.1, 0.15) is 12.4 Å². The highest BCUT2D eigenvalue weighted by Crippen LogP contribution is 2.21. The molecule has 2 heterocycles. The molecule has 2 aliphatic heterocycles. The van der Waals surface area contributed by atoms with Gasteiger partial charge in [-0.1, -0.05) is 12.1 Å². The fraction of sp³-hybridized carbons (Fsp3) is 0.500. The Balaban J connectivity index is 1.42. The monoisotopic (exact) mass is 438 g/mol.